The number of halogens is 1. The molecule has 0 atom stereocenters. The predicted molar refractivity (Wildman–Crippen MR) is 130 cm³/mol. The lowest BCUT2D eigenvalue weighted by Gasteiger charge is -2.15. The van der Waals surface area contributed by atoms with E-state index in [2.05, 4.69) is 10.6 Å². The number of aromatic nitrogens is 1. The van der Waals surface area contributed by atoms with E-state index in [1.165, 1.54) is 0 Å². The number of pyridine rings is 1. The maximum atomic E-state index is 13.2. The summed E-state index contributed by atoms with van der Waals surface area (Å²) >= 11 is 6.17. The van der Waals surface area contributed by atoms with Crippen molar-refractivity contribution in [1.82, 2.24) is 4.57 Å². The highest BCUT2D eigenvalue weighted by Crippen LogP contribution is 2.28. The second kappa shape index (κ2) is 8.56. The molecule has 2 heterocycles. The van der Waals surface area contributed by atoms with E-state index in [1.54, 1.807) is 53.1 Å². The van der Waals surface area contributed by atoms with E-state index in [0.29, 0.717) is 46.1 Å². The molecule has 164 valence electrons. The van der Waals surface area contributed by atoms with Crippen molar-refractivity contribution in [2.45, 2.75) is 13.0 Å². The van der Waals surface area contributed by atoms with Crippen LogP contribution in [0.5, 0.6) is 0 Å². The molecule has 5 rings (SSSR count). The van der Waals surface area contributed by atoms with Crippen LogP contribution in [0.2, 0.25) is 5.02 Å². The summed E-state index contributed by atoms with van der Waals surface area (Å²) in [4.78, 5) is 39.0. The second-order valence-electron chi connectivity index (χ2n) is 7.87. The highest BCUT2D eigenvalue weighted by Gasteiger charge is 2.23. The predicted octanol–water partition coefficient (Wildman–Crippen LogP) is 4.49. The monoisotopic (exact) mass is 457 g/mol. The Hall–Kier alpha value is -3.90. The van der Waals surface area contributed by atoms with Crippen molar-refractivity contribution in [1.29, 1.82) is 0 Å². The van der Waals surface area contributed by atoms with Gasteiger partial charge >= 0.3 is 0 Å². The molecule has 2 N–H and O–H groups in total. The number of ketones is 1. The second-order valence-corrected chi connectivity index (χ2v) is 8.30. The van der Waals surface area contributed by atoms with E-state index in [9.17, 15) is 14.4 Å². The standard InChI is InChI=1S/C26H20ClN3O3/c27-17-10-11-20(24(32)16-6-2-1-3-7-16)22(14-17)29-23(31)15-21-18-8-4-5-9-19(18)26(33)30-13-12-28-25(21)30/h1-11,14,28H,12-13,15H2,(H,29,31). The van der Waals surface area contributed by atoms with Crippen molar-refractivity contribution < 1.29 is 9.59 Å². The summed E-state index contributed by atoms with van der Waals surface area (Å²) in [5, 5.41) is 7.83. The largest absolute Gasteiger partial charge is 0.369 e. The van der Waals surface area contributed by atoms with Crippen LogP contribution in [-0.4, -0.2) is 22.8 Å². The lowest BCUT2D eigenvalue weighted by molar-refractivity contribution is -0.115. The molecule has 0 unspecified atom stereocenters. The third-order valence-corrected chi connectivity index (χ3v) is 6.02. The Kier molecular flexibility index (Phi) is 5.44. The summed E-state index contributed by atoms with van der Waals surface area (Å²) in [6.07, 6.45) is 0.0363. The quantitative estimate of drug-likeness (QED) is 0.433. The molecule has 0 aliphatic carbocycles. The Morgan fingerprint density at radius 2 is 1.70 bits per heavy atom. The van der Waals surface area contributed by atoms with Crippen LogP contribution in [0.1, 0.15) is 21.5 Å². The summed E-state index contributed by atoms with van der Waals surface area (Å²) in [6.45, 7) is 1.18. The Morgan fingerprint density at radius 3 is 2.48 bits per heavy atom. The number of amides is 1. The lowest BCUT2D eigenvalue weighted by atomic mass is 10.0. The van der Waals surface area contributed by atoms with Crippen LogP contribution >= 0.6 is 11.6 Å². The fourth-order valence-electron chi connectivity index (χ4n) is 4.27. The van der Waals surface area contributed by atoms with Crippen molar-refractivity contribution in [3.8, 4) is 0 Å². The van der Waals surface area contributed by atoms with E-state index in [1.807, 2.05) is 24.3 Å². The van der Waals surface area contributed by atoms with Crippen LogP contribution in [0, 0.1) is 0 Å². The molecule has 6 nitrogen and oxygen atoms in total. The van der Waals surface area contributed by atoms with Crippen molar-refractivity contribution in [2.75, 3.05) is 17.2 Å². The highest BCUT2D eigenvalue weighted by atomic mass is 35.5. The van der Waals surface area contributed by atoms with Gasteiger partial charge in [-0.2, -0.15) is 0 Å². The minimum atomic E-state index is -0.306. The first-order valence-electron chi connectivity index (χ1n) is 10.6. The van der Waals surface area contributed by atoms with Gasteiger partial charge in [-0.3, -0.25) is 19.0 Å². The normalized spacial score (nSPS) is 12.3. The van der Waals surface area contributed by atoms with E-state index in [4.69, 9.17) is 11.6 Å². The van der Waals surface area contributed by atoms with Crippen molar-refractivity contribution in [2.24, 2.45) is 0 Å². The fourth-order valence-corrected chi connectivity index (χ4v) is 4.44. The van der Waals surface area contributed by atoms with Crippen molar-refractivity contribution in [3.63, 3.8) is 0 Å². The number of carbonyl (C=O) groups is 2. The number of rotatable bonds is 5. The molecule has 4 aromatic rings. The minimum Gasteiger partial charge on any atom is -0.369 e. The van der Waals surface area contributed by atoms with E-state index in [0.717, 1.165) is 10.9 Å². The molecule has 3 aromatic carbocycles. The maximum absolute atomic E-state index is 13.2. The van der Waals surface area contributed by atoms with Gasteiger partial charge in [-0.05, 0) is 29.7 Å². The van der Waals surface area contributed by atoms with E-state index in [-0.39, 0.29) is 23.7 Å². The molecular weight excluding hydrogens is 438 g/mol. The summed E-state index contributed by atoms with van der Waals surface area (Å²) in [7, 11) is 0. The molecule has 0 radical (unpaired) electrons. The van der Waals surface area contributed by atoms with E-state index >= 15 is 0 Å². The maximum Gasteiger partial charge on any atom is 0.260 e. The zero-order chi connectivity index (χ0) is 22.9. The van der Waals surface area contributed by atoms with Gasteiger partial charge in [0.15, 0.2) is 5.78 Å². The van der Waals surface area contributed by atoms with Crippen LogP contribution in [0.15, 0.2) is 77.6 Å². The number of hydrogen-bond donors (Lipinski definition) is 2. The Bertz CT molecular complexity index is 1460. The van der Waals surface area contributed by atoms with Crippen molar-refractivity contribution >= 4 is 45.6 Å². The summed E-state index contributed by atoms with van der Waals surface area (Å²) in [5.41, 5.74) is 1.91. The number of nitrogens with zero attached hydrogens (tertiary/aromatic N) is 1. The Morgan fingerprint density at radius 1 is 0.970 bits per heavy atom. The number of hydrogen-bond acceptors (Lipinski definition) is 4. The number of fused-ring (bicyclic) bond motifs is 2. The van der Waals surface area contributed by atoms with Gasteiger partial charge in [0, 0.05) is 40.2 Å². The number of benzene rings is 3. The van der Waals surface area contributed by atoms with Gasteiger partial charge in [-0.25, -0.2) is 0 Å². The van der Waals surface area contributed by atoms with Crippen LogP contribution in [-0.2, 0) is 17.8 Å². The third-order valence-electron chi connectivity index (χ3n) is 5.79. The number of nitrogens with one attached hydrogen (secondary N) is 2. The lowest BCUT2D eigenvalue weighted by Crippen LogP contribution is -2.22. The summed E-state index contributed by atoms with van der Waals surface area (Å²) in [5.74, 6) is 0.155. The molecule has 1 aromatic heterocycles. The molecule has 1 aliphatic rings. The van der Waals surface area contributed by atoms with Gasteiger partial charge in [0.05, 0.1) is 12.1 Å². The summed E-state index contributed by atoms with van der Waals surface area (Å²) < 4.78 is 1.68. The van der Waals surface area contributed by atoms with Crippen LogP contribution in [0.4, 0.5) is 11.5 Å². The molecule has 1 amide bonds. The first-order chi connectivity index (χ1) is 16.0. The first kappa shape index (κ1) is 21.0. The SMILES string of the molecule is O=C(Cc1c2n(c(=O)c3ccccc13)CCN2)Nc1cc(Cl)ccc1C(=O)c1ccccc1. The molecule has 33 heavy (non-hydrogen) atoms. The number of anilines is 2. The van der Waals surface area contributed by atoms with Gasteiger partial charge in [0.1, 0.15) is 5.82 Å². The zero-order valence-electron chi connectivity index (χ0n) is 17.6. The molecular formula is C26H20ClN3O3. The molecule has 7 heteroatoms. The van der Waals surface area contributed by atoms with Gasteiger partial charge in [0.2, 0.25) is 5.91 Å². The topological polar surface area (TPSA) is 80.2 Å². The minimum absolute atomic E-state index is 0.0363. The van der Waals surface area contributed by atoms with Gasteiger partial charge in [-0.1, -0.05) is 60.1 Å². The first-order valence-corrected chi connectivity index (χ1v) is 11.0. The highest BCUT2D eigenvalue weighted by molar-refractivity contribution is 6.31. The van der Waals surface area contributed by atoms with Crippen LogP contribution in [0.3, 0.4) is 0 Å². The molecule has 0 saturated heterocycles. The average Bonchev–Trinajstić information content (AvgIpc) is 3.32. The average molecular weight is 458 g/mol. The van der Waals surface area contributed by atoms with E-state index < -0.39 is 0 Å². The van der Waals surface area contributed by atoms with Crippen LogP contribution in [0.25, 0.3) is 10.8 Å². The molecule has 1 aliphatic heterocycles. The third kappa shape index (κ3) is 3.90. The summed E-state index contributed by atoms with van der Waals surface area (Å²) in [6, 6.07) is 21.0. The zero-order valence-corrected chi connectivity index (χ0v) is 18.4. The molecule has 0 saturated carbocycles. The number of carbonyl (C=O) groups excluding carboxylic acids is 2. The Labute approximate surface area is 194 Å². The fraction of sp³-hybridized carbons (Fsp3) is 0.115. The van der Waals surface area contributed by atoms with Gasteiger partial charge in [0.25, 0.3) is 5.56 Å². The van der Waals surface area contributed by atoms with Gasteiger partial charge in [-0.15, -0.1) is 0 Å². The Balaban J connectivity index is 1.50. The smallest absolute Gasteiger partial charge is 0.260 e. The van der Waals surface area contributed by atoms with Crippen LogP contribution < -0.4 is 16.2 Å². The van der Waals surface area contributed by atoms with Crippen molar-refractivity contribution in [3.05, 3.63) is 105 Å². The molecule has 0 spiro atoms. The molecule has 0 fully saturated rings. The van der Waals surface area contributed by atoms with Gasteiger partial charge < -0.3 is 10.6 Å². The molecule has 0 bridgehead atoms.